The van der Waals surface area contributed by atoms with Crippen LogP contribution in [0.1, 0.15) is 33.1 Å². The van der Waals surface area contributed by atoms with Gasteiger partial charge in [0.1, 0.15) is 12.2 Å². The average molecular weight is 212 g/mol. The number of nitrogens with two attached hydrogens (primary N) is 1. The van der Waals surface area contributed by atoms with Gasteiger partial charge in [0.2, 0.25) is 11.5 Å². The van der Waals surface area contributed by atoms with Gasteiger partial charge in [0.05, 0.1) is 0 Å². The number of hydrogen-bond acceptors (Lipinski definition) is 5. The normalized spacial score (nSPS) is 14.5. The van der Waals surface area contributed by atoms with Crippen LogP contribution in [0.15, 0.2) is 10.3 Å². The molecule has 0 saturated carbocycles. The van der Waals surface area contributed by atoms with E-state index in [4.69, 9.17) is 21.0 Å². The van der Waals surface area contributed by atoms with Crippen molar-refractivity contribution in [2.24, 2.45) is 16.0 Å². The van der Waals surface area contributed by atoms with Gasteiger partial charge in [-0.3, -0.25) is 0 Å². The molecule has 1 atom stereocenters. The topological polar surface area (TPSA) is 104 Å². The summed E-state index contributed by atoms with van der Waals surface area (Å²) in [6.45, 7) is 3.92. The maximum atomic E-state index is 8.58. The largest absolute Gasteiger partial charge is 0.409 e. The summed E-state index contributed by atoms with van der Waals surface area (Å²) in [5, 5.41) is 23.1. The molecular formula is C9H16N4O2. The smallest absolute Gasteiger partial charge is 0.224 e. The standard InChI is InChI=1S/C9H16N4O2/c1-3-4-5-7(2)15-13-8(6-10)9(11)12-14/h7,14H,3-5H2,1-2H3,(H2,11,12). The second-order valence-electron chi connectivity index (χ2n) is 3.10. The number of hydrogen-bond donors (Lipinski definition) is 2. The van der Waals surface area contributed by atoms with Crippen LogP contribution in [0, 0.1) is 11.3 Å². The van der Waals surface area contributed by atoms with Crippen molar-refractivity contribution in [1.29, 1.82) is 5.26 Å². The molecule has 1 unspecified atom stereocenters. The van der Waals surface area contributed by atoms with E-state index in [0.717, 1.165) is 19.3 Å². The minimum atomic E-state index is -0.347. The summed E-state index contributed by atoms with van der Waals surface area (Å²) in [5.41, 5.74) is 4.96. The molecule has 0 spiro atoms. The van der Waals surface area contributed by atoms with Crippen LogP contribution in [-0.4, -0.2) is 22.9 Å². The van der Waals surface area contributed by atoms with Crippen molar-refractivity contribution in [1.82, 2.24) is 0 Å². The molecule has 6 heteroatoms. The molecule has 6 nitrogen and oxygen atoms in total. The molecular weight excluding hydrogens is 196 g/mol. The summed E-state index contributed by atoms with van der Waals surface area (Å²) >= 11 is 0. The van der Waals surface area contributed by atoms with Crippen LogP contribution < -0.4 is 5.73 Å². The van der Waals surface area contributed by atoms with Crippen LogP contribution in [-0.2, 0) is 4.84 Å². The fourth-order valence-corrected chi connectivity index (χ4v) is 0.859. The minimum absolute atomic E-state index is 0.0835. The fraction of sp³-hybridized carbons (Fsp3) is 0.667. The second kappa shape index (κ2) is 7.62. The van der Waals surface area contributed by atoms with Gasteiger partial charge in [0.15, 0.2) is 0 Å². The molecule has 0 aromatic heterocycles. The first-order valence-electron chi connectivity index (χ1n) is 4.77. The van der Waals surface area contributed by atoms with Gasteiger partial charge >= 0.3 is 0 Å². The number of amidine groups is 1. The summed E-state index contributed by atoms with van der Waals surface area (Å²) in [5.74, 6) is -0.347. The highest BCUT2D eigenvalue weighted by atomic mass is 16.6. The van der Waals surface area contributed by atoms with Crippen molar-refractivity contribution in [2.45, 2.75) is 39.2 Å². The Balaban J connectivity index is 4.18. The highest BCUT2D eigenvalue weighted by molar-refractivity contribution is 6.46. The maximum absolute atomic E-state index is 8.58. The lowest BCUT2D eigenvalue weighted by atomic mass is 10.2. The van der Waals surface area contributed by atoms with Crippen molar-refractivity contribution >= 4 is 11.5 Å². The molecule has 0 bridgehead atoms. The van der Waals surface area contributed by atoms with Crippen LogP contribution >= 0.6 is 0 Å². The van der Waals surface area contributed by atoms with E-state index in [0.29, 0.717) is 0 Å². The highest BCUT2D eigenvalue weighted by Crippen LogP contribution is 2.04. The summed E-state index contributed by atoms with van der Waals surface area (Å²) < 4.78 is 0. The lowest BCUT2D eigenvalue weighted by Gasteiger charge is -2.08. The Morgan fingerprint density at radius 2 is 2.33 bits per heavy atom. The van der Waals surface area contributed by atoms with E-state index in [-0.39, 0.29) is 17.7 Å². The quantitative estimate of drug-likeness (QED) is 0.299. The molecule has 0 heterocycles. The van der Waals surface area contributed by atoms with Crippen molar-refractivity contribution in [3.05, 3.63) is 0 Å². The van der Waals surface area contributed by atoms with Crippen molar-refractivity contribution < 1.29 is 10.0 Å². The summed E-state index contributed by atoms with van der Waals surface area (Å²) in [4.78, 5) is 5.01. The summed E-state index contributed by atoms with van der Waals surface area (Å²) in [7, 11) is 0. The maximum Gasteiger partial charge on any atom is 0.224 e. The molecule has 0 amide bonds. The molecule has 0 fully saturated rings. The lowest BCUT2D eigenvalue weighted by molar-refractivity contribution is 0.0655. The van der Waals surface area contributed by atoms with Gasteiger partial charge in [-0.05, 0) is 19.8 Å². The monoisotopic (exact) mass is 212 g/mol. The predicted molar refractivity (Wildman–Crippen MR) is 56.5 cm³/mol. The van der Waals surface area contributed by atoms with Gasteiger partial charge in [0, 0.05) is 0 Å². The van der Waals surface area contributed by atoms with Crippen molar-refractivity contribution in [2.75, 3.05) is 0 Å². The SMILES string of the molecule is CCCCC(C)ON=C(C#N)C(N)=NO. The number of nitriles is 1. The van der Waals surface area contributed by atoms with Crippen molar-refractivity contribution in [3.63, 3.8) is 0 Å². The van der Waals surface area contributed by atoms with Crippen LogP contribution in [0.5, 0.6) is 0 Å². The number of rotatable bonds is 6. The second-order valence-corrected chi connectivity index (χ2v) is 3.10. The fourth-order valence-electron chi connectivity index (χ4n) is 0.859. The first-order chi connectivity index (χ1) is 7.15. The Bertz CT molecular complexity index is 280. The number of oxime groups is 2. The molecule has 0 rings (SSSR count). The van der Waals surface area contributed by atoms with E-state index in [1.165, 1.54) is 0 Å². The molecule has 0 radical (unpaired) electrons. The summed E-state index contributed by atoms with van der Waals surface area (Å²) in [6.07, 6.45) is 2.87. The van der Waals surface area contributed by atoms with E-state index < -0.39 is 0 Å². The Kier molecular flexibility index (Phi) is 6.72. The van der Waals surface area contributed by atoms with E-state index in [1.54, 1.807) is 6.07 Å². The molecule has 0 aliphatic carbocycles. The van der Waals surface area contributed by atoms with Crippen LogP contribution in [0.25, 0.3) is 0 Å². The zero-order valence-electron chi connectivity index (χ0n) is 8.97. The number of nitrogens with zero attached hydrogens (tertiary/aromatic N) is 3. The van der Waals surface area contributed by atoms with Crippen molar-refractivity contribution in [3.8, 4) is 6.07 Å². The van der Waals surface area contributed by atoms with Gasteiger partial charge < -0.3 is 15.8 Å². The zero-order valence-corrected chi connectivity index (χ0v) is 8.97. The van der Waals surface area contributed by atoms with E-state index in [9.17, 15) is 0 Å². The van der Waals surface area contributed by atoms with Gasteiger partial charge in [-0.25, -0.2) is 0 Å². The van der Waals surface area contributed by atoms with Crippen LogP contribution in [0.3, 0.4) is 0 Å². The Morgan fingerprint density at radius 1 is 1.67 bits per heavy atom. The molecule has 0 aromatic carbocycles. The number of unbranched alkanes of at least 4 members (excludes halogenated alkanes) is 1. The van der Waals surface area contributed by atoms with Gasteiger partial charge in [0.25, 0.3) is 0 Å². The first-order valence-corrected chi connectivity index (χ1v) is 4.77. The van der Waals surface area contributed by atoms with E-state index in [2.05, 4.69) is 17.2 Å². The molecule has 0 aliphatic heterocycles. The molecule has 0 saturated heterocycles. The van der Waals surface area contributed by atoms with Crippen LogP contribution in [0.2, 0.25) is 0 Å². The average Bonchev–Trinajstić information content (AvgIpc) is 2.26. The molecule has 0 aromatic rings. The third-order valence-electron chi connectivity index (χ3n) is 1.74. The Morgan fingerprint density at radius 3 is 2.80 bits per heavy atom. The highest BCUT2D eigenvalue weighted by Gasteiger charge is 2.07. The van der Waals surface area contributed by atoms with Gasteiger partial charge in [-0.1, -0.05) is 23.7 Å². The predicted octanol–water partition coefficient (Wildman–Crippen LogP) is 1.21. The van der Waals surface area contributed by atoms with E-state index >= 15 is 0 Å². The third kappa shape index (κ3) is 5.52. The lowest BCUT2D eigenvalue weighted by Crippen LogP contribution is -2.23. The minimum Gasteiger partial charge on any atom is -0.409 e. The summed E-state index contributed by atoms with van der Waals surface area (Å²) in [6, 6.07) is 1.67. The Hall–Kier alpha value is -1.77. The first kappa shape index (κ1) is 13.2. The molecule has 0 aliphatic rings. The molecule has 15 heavy (non-hydrogen) atoms. The van der Waals surface area contributed by atoms with Gasteiger partial charge in [-0.15, -0.1) is 0 Å². The van der Waals surface area contributed by atoms with E-state index in [1.807, 2.05) is 6.92 Å². The van der Waals surface area contributed by atoms with Crippen LogP contribution in [0.4, 0.5) is 0 Å². The van der Waals surface area contributed by atoms with Gasteiger partial charge in [-0.2, -0.15) is 5.26 Å². The molecule has 3 N–H and O–H groups in total. The zero-order chi connectivity index (χ0) is 11.7. The Labute approximate surface area is 89.0 Å². The third-order valence-corrected chi connectivity index (χ3v) is 1.74. The molecule has 84 valence electrons.